The normalized spacial score (nSPS) is 10.7. The molecule has 0 spiro atoms. The first kappa shape index (κ1) is 9.80. The Bertz CT molecular complexity index is 464. The van der Waals surface area contributed by atoms with Gasteiger partial charge >= 0.3 is 0 Å². The molecule has 14 heavy (non-hydrogen) atoms. The molecule has 0 amide bonds. The number of hydrogen-bond donors (Lipinski definition) is 1. The quantitative estimate of drug-likeness (QED) is 0.902. The molecule has 2 rings (SSSR count). The van der Waals surface area contributed by atoms with E-state index in [-0.39, 0.29) is 5.75 Å². The van der Waals surface area contributed by atoms with Crippen molar-refractivity contribution in [3.63, 3.8) is 0 Å². The molecule has 0 unspecified atom stereocenters. The van der Waals surface area contributed by atoms with E-state index in [9.17, 15) is 5.11 Å². The lowest BCUT2D eigenvalue weighted by Crippen LogP contribution is -1.86. The van der Waals surface area contributed by atoms with Gasteiger partial charge < -0.3 is 9.84 Å². The molecule has 1 heterocycles. The zero-order valence-electron chi connectivity index (χ0n) is 7.58. The minimum atomic E-state index is 0.269. The van der Waals surface area contributed by atoms with E-state index in [1.54, 1.807) is 23.5 Å². The van der Waals surface area contributed by atoms with Gasteiger partial charge in [0.1, 0.15) is 5.75 Å². The number of phenols is 1. The summed E-state index contributed by atoms with van der Waals surface area (Å²) in [6.07, 6.45) is 0. The van der Waals surface area contributed by atoms with E-state index >= 15 is 0 Å². The minimum absolute atomic E-state index is 0.269. The van der Waals surface area contributed by atoms with E-state index in [1.807, 2.05) is 13.0 Å². The summed E-state index contributed by atoms with van der Waals surface area (Å²) in [5.74, 6) is 0.269. The first-order chi connectivity index (χ1) is 6.70. The van der Waals surface area contributed by atoms with Gasteiger partial charge in [0.2, 0.25) is 0 Å². The van der Waals surface area contributed by atoms with Crippen molar-refractivity contribution in [2.75, 3.05) is 6.61 Å². The molecule has 0 atom stereocenters. The van der Waals surface area contributed by atoms with Gasteiger partial charge in [-0.25, -0.2) is 0 Å². The topological polar surface area (TPSA) is 29.5 Å². The Morgan fingerprint density at radius 2 is 2.21 bits per heavy atom. The van der Waals surface area contributed by atoms with Gasteiger partial charge in [-0.3, -0.25) is 0 Å². The SMILES string of the molecule is CCOc1cc2cc(O)cc(Br)c2s1. The lowest BCUT2D eigenvalue weighted by atomic mass is 10.2. The Kier molecular flexibility index (Phi) is 2.65. The number of phenolic OH excluding ortho intramolecular Hbond substituents is 1. The molecular formula is C10H9BrO2S. The van der Waals surface area contributed by atoms with E-state index in [1.165, 1.54) is 0 Å². The largest absolute Gasteiger partial charge is 0.508 e. The van der Waals surface area contributed by atoms with Gasteiger partial charge in [0, 0.05) is 9.86 Å². The summed E-state index contributed by atoms with van der Waals surface area (Å²) in [4.78, 5) is 0. The molecule has 0 fully saturated rings. The third-order valence-corrected chi connectivity index (χ3v) is 3.80. The zero-order valence-corrected chi connectivity index (χ0v) is 9.98. The smallest absolute Gasteiger partial charge is 0.174 e. The van der Waals surface area contributed by atoms with Crippen LogP contribution in [-0.4, -0.2) is 11.7 Å². The van der Waals surface area contributed by atoms with Crippen molar-refractivity contribution in [2.45, 2.75) is 6.92 Å². The monoisotopic (exact) mass is 272 g/mol. The number of halogens is 1. The minimum Gasteiger partial charge on any atom is -0.508 e. The average Bonchev–Trinajstić information content (AvgIpc) is 2.48. The van der Waals surface area contributed by atoms with Crippen LogP contribution in [0.2, 0.25) is 0 Å². The van der Waals surface area contributed by atoms with Crippen molar-refractivity contribution >= 4 is 37.4 Å². The highest BCUT2D eigenvalue weighted by Crippen LogP contribution is 2.38. The van der Waals surface area contributed by atoms with Crippen LogP contribution in [0.15, 0.2) is 22.7 Å². The molecular weight excluding hydrogens is 264 g/mol. The summed E-state index contributed by atoms with van der Waals surface area (Å²) in [6, 6.07) is 5.36. The van der Waals surface area contributed by atoms with Crippen LogP contribution < -0.4 is 4.74 Å². The van der Waals surface area contributed by atoms with Crippen LogP contribution in [0.1, 0.15) is 6.92 Å². The van der Waals surface area contributed by atoms with E-state index in [4.69, 9.17) is 4.74 Å². The van der Waals surface area contributed by atoms with Crippen LogP contribution in [0.3, 0.4) is 0 Å². The Labute approximate surface area is 94.3 Å². The van der Waals surface area contributed by atoms with Gasteiger partial charge in [0.15, 0.2) is 5.06 Å². The number of fused-ring (bicyclic) bond motifs is 1. The first-order valence-corrected chi connectivity index (χ1v) is 5.86. The summed E-state index contributed by atoms with van der Waals surface area (Å²) in [6.45, 7) is 2.62. The fourth-order valence-electron chi connectivity index (χ4n) is 1.29. The van der Waals surface area contributed by atoms with Crippen molar-refractivity contribution in [1.82, 2.24) is 0 Å². The van der Waals surface area contributed by atoms with Crippen LogP contribution >= 0.6 is 27.3 Å². The summed E-state index contributed by atoms with van der Waals surface area (Å²) < 4.78 is 7.41. The highest BCUT2D eigenvalue weighted by molar-refractivity contribution is 9.10. The average molecular weight is 273 g/mol. The molecule has 4 heteroatoms. The van der Waals surface area contributed by atoms with Gasteiger partial charge in [-0.1, -0.05) is 11.3 Å². The maximum absolute atomic E-state index is 9.38. The van der Waals surface area contributed by atoms with E-state index in [0.717, 1.165) is 19.6 Å². The predicted molar refractivity (Wildman–Crippen MR) is 62.4 cm³/mol. The molecule has 0 aliphatic rings. The van der Waals surface area contributed by atoms with Gasteiger partial charge in [0.05, 0.1) is 11.3 Å². The number of thiophene rings is 1. The first-order valence-electron chi connectivity index (χ1n) is 4.25. The molecule has 0 radical (unpaired) electrons. The Hall–Kier alpha value is -0.740. The second-order valence-corrected chi connectivity index (χ2v) is 4.71. The molecule has 74 valence electrons. The number of benzene rings is 1. The number of rotatable bonds is 2. The second kappa shape index (κ2) is 3.79. The van der Waals surface area contributed by atoms with Crippen LogP contribution in [0.25, 0.3) is 10.1 Å². The molecule has 0 aliphatic heterocycles. The third-order valence-electron chi connectivity index (χ3n) is 1.82. The van der Waals surface area contributed by atoms with Gasteiger partial charge in [-0.15, -0.1) is 0 Å². The lowest BCUT2D eigenvalue weighted by molar-refractivity contribution is 0.350. The molecule has 0 saturated heterocycles. The van der Waals surface area contributed by atoms with Gasteiger partial charge in [0.25, 0.3) is 0 Å². The van der Waals surface area contributed by atoms with Crippen LogP contribution in [-0.2, 0) is 0 Å². The molecule has 2 nitrogen and oxygen atoms in total. The maximum atomic E-state index is 9.38. The number of ether oxygens (including phenoxy) is 1. The van der Waals surface area contributed by atoms with E-state index in [0.29, 0.717) is 6.61 Å². The van der Waals surface area contributed by atoms with Crippen LogP contribution in [0, 0.1) is 0 Å². The second-order valence-electron chi connectivity index (χ2n) is 2.84. The number of aromatic hydroxyl groups is 1. The van der Waals surface area contributed by atoms with Crippen LogP contribution in [0.4, 0.5) is 0 Å². The molecule has 1 aromatic carbocycles. The van der Waals surface area contributed by atoms with Gasteiger partial charge in [-0.05, 0) is 41.1 Å². The molecule has 1 aromatic heterocycles. The lowest BCUT2D eigenvalue weighted by Gasteiger charge is -1.94. The van der Waals surface area contributed by atoms with E-state index in [2.05, 4.69) is 15.9 Å². The van der Waals surface area contributed by atoms with Crippen molar-refractivity contribution < 1.29 is 9.84 Å². The fraction of sp³-hybridized carbons (Fsp3) is 0.200. The zero-order chi connectivity index (χ0) is 10.1. The summed E-state index contributed by atoms with van der Waals surface area (Å²) >= 11 is 4.98. The third kappa shape index (κ3) is 1.72. The highest BCUT2D eigenvalue weighted by atomic mass is 79.9. The molecule has 0 aliphatic carbocycles. The maximum Gasteiger partial charge on any atom is 0.174 e. The van der Waals surface area contributed by atoms with Crippen molar-refractivity contribution in [1.29, 1.82) is 0 Å². The number of hydrogen-bond acceptors (Lipinski definition) is 3. The standard InChI is InChI=1S/C10H9BrO2S/c1-2-13-9-4-6-3-7(12)5-8(11)10(6)14-9/h3-5,12H,2H2,1H3. The molecule has 2 aromatic rings. The molecule has 1 N–H and O–H groups in total. The molecule has 0 saturated carbocycles. The van der Waals surface area contributed by atoms with Crippen molar-refractivity contribution in [2.24, 2.45) is 0 Å². The predicted octanol–water partition coefficient (Wildman–Crippen LogP) is 3.77. The van der Waals surface area contributed by atoms with Gasteiger partial charge in [-0.2, -0.15) is 0 Å². The molecule has 0 bridgehead atoms. The van der Waals surface area contributed by atoms with E-state index < -0.39 is 0 Å². The summed E-state index contributed by atoms with van der Waals surface area (Å²) in [5.41, 5.74) is 0. The van der Waals surface area contributed by atoms with Crippen LogP contribution in [0.5, 0.6) is 10.8 Å². The Morgan fingerprint density at radius 1 is 1.43 bits per heavy atom. The van der Waals surface area contributed by atoms with Crippen molar-refractivity contribution in [3.05, 3.63) is 22.7 Å². The Morgan fingerprint density at radius 3 is 2.93 bits per heavy atom. The summed E-state index contributed by atoms with van der Waals surface area (Å²) in [5, 5.41) is 11.3. The van der Waals surface area contributed by atoms with Crippen molar-refractivity contribution in [3.8, 4) is 10.8 Å². The summed E-state index contributed by atoms with van der Waals surface area (Å²) in [7, 11) is 0. The highest BCUT2D eigenvalue weighted by Gasteiger charge is 2.07. The fourth-order valence-corrected chi connectivity index (χ4v) is 2.95. The Balaban J connectivity index is 2.58.